The van der Waals surface area contributed by atoms with Crippen molar-refractivity contribution in [3.63, 3.8) is 0 Å². The van der Waals surface area contributed by atoms with Crippen LogP contribution in [-0.2, 0) is 57.5 Å². The number of hydrogen-bond donors (Lipinski definition) is 3. The number of nitrogens with one attached hydrogen (secondary N) is 3. The van der Waals surface area contributed by atoms with Crippen LogP contribution >= 0.6 is 11.6 Å². The van der Waals surface area contributed by atoms with Crippen LogP contribution < -0.4 is 16.0 Å². The SMILES string of the molecule is CCC[C@H]1C(=O)N[C@@H](C2CCCC2)C(=O)N(C)CC(=O)N(C)[C@H]2C/C=C\CCN(C2=O)[C@@H](CC2CCC(C(F)(F)F)CC2)C(=O)N(C)CC(=O)N[C@@H](CCC2CCC(C(F)(F)F)C(Cl)C2)C(=O)N2CC3(CC3)C[C@H]2C(=O)NC2(CC(C)(C)C2)C(=O)N(C)[C@@H](CC(C)(C)C)C(=O)N(C)[C@H](C(=O)N(C)C)CC(=O)N1C. The highest BCUT2D eigenvalue weighted by molar-refractivity contribution is 6.21. The summed E-state index contributed by atoms with van der Waals surface area (Å²) in [7, 11) is 11.2. The Kier molecular flexibility index (Phi) is 28.0. The van der Waals surface area contributed by atoms with Gasteiger partial charge in [0.15, 0.2) is 0 Å². The van der Waals surface area contributed by atoms with E-state index in [1.165, 1.54) is 80.9 Å². The summed E-state index contributed by atoms with van der Waals surface area (Å²) in [5.41, 5.74) is -3.43. The first-order valence-electron chi connectivity index (χ1n) is 38.9. The Morgan fingerprint density at radius 3 is 1.81 bits per heavy atom. The molecule has 3 N–H and O–H groups in total. The zero-order valence-corrected chi connectivity index (χ0v) is 66.6. The third-order valence-corrected chi connectivity index (χ3v) is 25.1. The highest BCUT2D eigenvalue weighted by atomic mass is 35.5. The summed E-state index contributed by atoms with van der Waals surface area (Å²) in [6, 6.07) is -10.6. The minimum Gasteiger partial charge on any atom is -0.347 e. The Labute approximate surface area is 637 Å². The lowest BCUT2D eigenvalue weighted by Crippen LogP contribution is -2.71. The molecule has 12 amide bonds. The number of fused-ring (bicyclic) bond motifs is 3. The van der Waals surface area contributed by atoms with Gasteiger partial charge in [0.1, 0.15) is 53.9 Å². The quantitative estimate of drug-likeness (QED) is 0.107. The molecule has 31 heteroatoms. The molecule has 2 bridgehead atoms. The van der Waals surface area contributed by atoms with E-state index in [0.717, 1.165) is 32.4 Å². The van der Waals surface area contributed by atoms with Crippen molar-refractivity contribution in [2.75, 3.05) is 82.6 Å². The Balaban J connectivity index is 1.20. The molecule has 5 aliphatic carbocycles. The van der Waals surface area contributed by atoms with Crippen molar-refractivity contribution >= 4 is 82.5 Å². The van der Waals surface area contributed by atoms with Crippen LogP contribution in [0, 0.1) is 45.8 Å². The number of hydrogen-bond acceptors (Lipinski definition) is 12. The van der Waals surface area contributed by atoms with Gasteiger partial charge >= 0.3 is 12.4 Å². The zero-order chi connectivity index (χ0) is 80.2. The van der Waals surface area contributed by atoms with E-state index in [1.54, 1.807) is 19.1 Å². The van der Waals surface area contributed by atoms with Crippen molar-refractivity contribution in [3.05, 3.63) is 12.2 Å². The fourth-order valence-corrected chi connectivity index (χ4v) is 18.8. The molecule has 3 unspecified atom stereocenters. The normalized spacial score (nSPS) is 31.8. The van der Waals surface area contributed by atoms with Crippen LogP contribution in [0.15, 0.2) is 12.2 Å². The maximum Gasteiger partial charge on any atom is 0.393 e. The van der Waals surface area contributed by atoms with Gasteiger partial charge in [-0.05, 0) is 169 Å². The Bertz CT molecular complexity index is 3340. The molecule has 608 valence electrons. The third-order valence-electron chi connectivity index (χ3n) is 24.7. The first-order valence-corrected chi connectivity index (χ1v) is 39.4. The van der Waals surface area contributed by atoms with Gasteiger partial charge in [-0.2, -0.15) is 26.3 Å². The van der Waals surface area contributed by atoms with Crippen molar-refractivity contribution in [2.24, 2.45) is 45.8 Å². The zero-order valence-electron chi connectivity index (χ0n) is 65.8. The number of likely N-dealkylation sites (N-methyl/N-ethyl adjacent to an activating group) is 7. The fraction of sp³-hybridized carbons (Fsp3) is 0.818. The van der Waals surface area contributed by atoms with Crippen LogP contribution in [0.3, 0.4) is 0 Å². The highest BCUT2D eigenvalue weighted by Crippen LogP contribution is 2.56. The minimum atomic E-state index is -4.56. The van der Waals surface area contributed by atoms with Gasteiger partial charge in [0.2, 0.25) is 70.9 Å². The molecular formula is C77H119ClF6N12O12. The number of rotatable bonds is 10. The number of nitrogens with zero attached hydrogens (tertiary/aromatic N) is 9. The summed E-state index contributed by atoms with van der Waals surface area (Å²) in [4.78, 5) is 193. The molecule has 0 aromatic heterocycles. The first kappa shape index (κ1) is 86.8. The molecule has 24 nitrogen and oxygen atoms in total. The number of alkyl halides is 7. The van der Waals surface area contributed by atoms with E-state index in [0.29, 0.717) is 32.1 Å². The summed E-state index contributed by atoms with van der Waals surface area (Å²) >= 11 is 6.45. The molecule has 7 fully saturated rings. The van der Waals surface area contributed by atoms with E-state index in [9.17, 15) is 55.1 Å². The molecule has 8 rings (SSSR count). The van der Waals surface area contributed by atoms with E-state index >= 15 is 28.8 Å². The predicted octanol–water partition coefficient (Wildman–Crippen LogP) is 7.83. The van der Waals surface area contributed by atoms with Crippen LogP contribution in [0.1, 0.15) is 202 Å². The maximum absolute atomic E-state index is 15.7. The molecule has 0 aromatic carbocycles. The summed E-state index contributed by atoms with van der Waals surface area (Å²) in [6.07, 6.45) is -2.30. The second-order valence-corrected chi connectivity index (χ2v) is 35.8. The van der Waals surface area contributed by atoms with Crippen LogP contribution in [-0.4, -0.2) is 269 Å². The number of carbonyl (C=O) groups excluding carboxylic acids is 12. The topological polar surface area (TPSA) is 270 Å². The molecule has 108 heavy (non-hydrogen) atoms. The van der Waals surface area contributed by atoms with Crippen molar-refractivity contribution in [1.82, 2.24) is 60.0 Å². The lowest BCUT2D eigenvalue weighted by Gasteiger charge is -2.54. The van der Waals surface area contributed by atoms with Crippen molar-refractivity contribution < 1.29 is 83.9 Å². The predicted molar refractivity (Wildman–Crippen MR) is 391 cm³/mol. The average Bonchev–Trinajstić information content (AvgIpc) is 1.28. The summed E-state index contributed by atoms with van der Waals surface area (Å²) in [5, 5.41) is 7.56. The van der Waals surface area contributed by atoms with E-state index in [1.807, 2.05) is 34.6 Å². The van der Waals surface area contributed by atoms with Gasteiger partial charge in [-0.15, -0.1) is 11.6 Å². The van der Waals surface area contributed by atoms with E-state index in [2.05, 4.69) is 16.0 Å². The summed E-state index contributed by atoms with van der Waals surface area (Å²) in [5.74, 6) is -13.3. The number of carbonyl (C=O) groups is 12. The molecular weight excluding hydrogens is 1430 g/mol. The first-order chi connectivity index (χ1) is 50.2. The molecule has 11 atom stereocenters. The van der Waals surface area contributed by atoms with Gasteiger partial charge < -0.3 is 60.0 Å². The number of amides is 12. The van der Waals surface area contributed by atoms with Crippen LogP contribution in [0.2, 0.25) is 0 Å². The molecule has 2 spiro atoms. The minimum absolute atomic E-state index is 0.0218. The largest absolute Gasteiger partial charge is 0.393 e. The van der Waals surface area contributed by atoms with Crippen molar-refractivity contribution in [1.29, 1.82) is 0 Å². The monoisotopic (exact) mass is 1550 g/mol. The third kappa shape index (κ3) is 20.9. The molecule has 5 saturated carbocycles. The second kappa shape index (κ2) is 34.9. The molecule has 0 radical (unpaired) electrons. The van der Waals surface area contributed by atoms with Crippen molar-refractivity contribution in [3.8, 4) is 0 Å². The van der Waals surface area contributed by atoms with Gasteiger partial charge in [-0.1, -0.05) is 73.0 Å². The molecule has 8 aliphatic rings. The lowest BCUT2D eigenvalue weighted by atomic mass is 9.58. The Morgan fingerprint density at radius 2 is 1.25 bits per heavy atom. The molecule has 0 aromatic rings. The van der Waals surface area contributed by atoms with E-state index < -0.39 is 208 Å². The van der Waals surface area contributed by atoms with Crippen LogP contribution in [0.5, 0.6) is 0 Å². The molecule has 3 aliphatic heterocycles. The lowest BCUT2D eigenvalue weighted by molar-refractivity contribution is -0.184. The molecule has 2 saturated heterocycles. The fourth-order valence-electron chi connectivity index (χ4n) is 18.2. The summed E-state index contributed by atoms with van der Waals surface area (Å²) < 4.78 is 84.9. The van der Waals surface area contributed by atoms with E-state index in [4.69, 9.17) is 11.6 Å². The van der Waals surface area contributed by atoms with Crippen LogP contribution in [0.4, 0.5) is 26.3 Å². The smallest absolute Gasteiger partial charge is 0.347 e. The Morgan fingerprint density at radius 1 is 0.630 bits per heavy atom. The van der Waals surface area contributed by atoms with Gasteiger partial charge in [0.05, 0.1) is 31.3 Å². The van der Waals surface area contributed by atoms with Gasteiger partial charge in [-0.3, -0.25) is 57.5 Å². The van der Waals surface area contributed by atoms with Gasteiger partial charge in [0.25, 0.3) is 0 Å². The van der Waals surface area contributed by atoms with Gasteiger partial charge in [0, 0.05) is 74.8 Å². The van der Waals surface area contributed by atoms with Crippen molar-refractivity contribution in [2.45, 2.75) is 274 Å². The van der Waals surface area contributed by atoms with Gasteiger partial charge in [-0.25, -0.2) is 0 Å². The summed E-state index contributed by atoms with van der Waals surface area (Å²) in [6.45, 7) is 9.80. The maximum atomic E-state index is 15.7. The van der Waals surface area contributed by atoms with E-state index in [-0.39, 0.29) is 122 Å². The highest BCUT2D eigenvalue weighted by Gasteiger charge is 2.61. The molecule has 3 heterocycles. The second-order valence-electron chi connectivity index (χ2n) is 35.2. The standard InChI is InChI=1S/C77H119ClF6N12O12/c1-15-21-53-63(100)86-62(48-22-18-19-23-48)70(107)90(10)42-61(99)92(12)54-24-17-16-20-35-95(69(54)106)56(37-47-25-29-49(30-26-47)76(79,80)81)67(104)89(9)41-59(97)85-52(32-28-46-27-31-50(51(78)36-46)77(82,83)84)65(102)96-45-74(33-34-74)40-57(96)64(101)87-75(43-73(5,6)44-75)71(108)94(14)58(39-72(2,3)4)68(105)93(13)55(66(103)88(7)8)38-60(98)91(53)11/h16-17,46-58,62H,15,18-45H2,1-14H3,(H,85,97)(H,86,100)(H,87,101)/b17-16-/t46?,47?,49?,50?,51?,52-,53-,54-,55-,56-,57-,58-,62-/m0/s1. The van der Waals surface area contributed by atoms with Crippen LogP contribution in [0.25, 0.3) is 0 Å². The number of halogens is 7. The Hall–Kier alpha value is -6.75. The average molecular weight is 1550 g/mol.